The Labute approximate surface area is 117 Å². The van der Waals surface area contributed by atoms with Gasteiger partial charge in [-0.2, -0.15) is 0 Å². The van der Waals surface area contributed by atoms with Gasteiger partial charge < -0.3 is 15.6 Å². The van der Waals surface area contributed by atoms with Crippen LogP contribution >= 0.6 is 0 Å². The average Bonchev–Trinajstić information content (AvgIpc) is 2.46. The van der Waals surface area contributed by atoms with E-state index in [0.29, 0.717) is 11.3 Å². The fraction of sp³-hybridized carbons (Fsp3) is 0.0625. The molecule has 0 bridgehead atoms. The highest BCUT2D eigenvalue weighted by Crippen LogP contribution is 2.21. The lowest BCUT2D eigenvalue weighted by Crippen LogP contribution is -2.00. The molecule has 0 spiro atoms. The Morgan fingerprint density at radius 2 is 1.70 bits per heavy atom. The van der Waals surface area contributed by atoms with Gasteiger partial charge in [-0.3, -0.25) is 0 Å². The summed E-state index contributed by atoms with van der Waals surface area (Å²) in [5.41, 5.74) is 7.83. The maximum atomic E-state index is 11.4. The lowest BCUT2D eigenvalue weighted by atomic mass is 10.0. The number of hydrogen-bond donors (Lipinski definition) is 2. The Morgan fingerprint density at radius 3 is 2.20 bits per heavy atom. The number of aliphatic carboxylic acids is 1. The van der Waals surface area contributed by atoms with Gasteiger partial charge in [-0.1, -0.05) is 24.3 Å². The van der Waals surface area contributed by atoms with Crippen LogP contribution in [0.4, 0.5) is 5.69 Å². The van der Waals surface area contributed by atoms with E-state index in [0.717, 1.165) is 11.3 Å². The second-order valence-electron chi connectivity index (χ2n) is 4.26. The number of nitrogen functional groups attached to an aromatic ring is 1. The van der Waals surface area contributed by atoms with Crippen LogP contribution in [-0.4, -0.2) is 18.2 Å². The standard InChI is InChI=1S/C16H15NO3/c1-20-14-8-2-11(3-9-14)10-15(16(18)19)12-4-6-13(17)7-5-12/h2-10H,17H2,1H3,(H,18,19). The fourth-order valence-corrected chi connectivity index (χ4v) is 1.80. The molecule has 2 aromatic carbocycles. The van der Waals surface area contributed by atoms with Gasteiger partial charge in [0.15, 0.2) is 0 Å². The normalized spacial score (nSPS) is 11.2. The number of methoxy groups -OCH3 is 1. The minimum Gasteiger partial charge on any atom is -0.497 e. The van der Waals surface area contributed by atoms with Crippen molar-refractivity contribution in [2.45, 2.75) is 0 Å². The van der Waals surface area contributed by atoms with Gasteiger partial charge in [-0.15, -0.1) is 0 Å². The molecular formula is C16H15NO3. The summed E-state index contributed by atoms with van der Waals surface area (Å²) in [5, 5.41) is 9.33. The van der Waals surface area contributed by atoms with Gasteiger partial charge in [-0.25, -0.2) is 4.79 Å². The first-order chi connectivity index (χ1) is 9.60. The zero-order valence-electron chi connectivity index (χ0n) is 11.0. The van der Waals surface area contributed by atoms with E-state index in [1.54, 1.807) is 61.7 Å². The average molecular weight is 269 g/mol. The summed E-state index contributed by atoms with van der Waals surface area (Å²) in [7, 11) is 1.59. The SMILES string of the molecule is COc1ccc(C=C(C(=O)O)c2ccc(N)cc2)cc1. The number of anilines is 1. The molecule has 0 aliphatic heterocycles. The lowest BCUT2D eigenvalue weighted by Gasteiger charge is -2.04. The molecule has 0 aliphatic rings. The molecule has 0 unspecified atom stereocenters. The van der Waals surface area contributed by atoms with Gasteiger partial charge in [0.1, 0.15) is 5.75 Å². The Hall–Kier alpha value is -2.75. The molecule has 102 valence electrons. The zero-order chi connectivity index (χ0) is 14.5. The van der Waals surface area contributed by atoms with E-state index in [1.165, 1.54) is 0 Å². The third-order valence-corrected chi connectivity index (χ3v) is 2.88. The number of benzene rings is 2. The van der Waals surface area contributed by atoms with E-state index < -0.39 is 5.97 Å². The molecule has 3 N–H and O–H groups in total. The van der Waals surface area contributed by atoms with E-state index in [4.69, 9.17) is 10.5 Å². The molecule has 0 saturated carbocycles. The third-order valence-electron chi connectivity index (χ3n) is 2.88. The number of carboxylic acid groups (broad SMARTS) is 1. The summed E-state index contributed by atoms with van der Waals surface area (Å²) < 4.78 is 5.07. The zero-order valence-corrected chi connectivity index (χ0v) is 11.0. The second-order valence-corrected chi connectivity index (χ2v) is 4.26. The van der Waals surface area contributed by atoms with E-state index in [9.17, 15) is 9.90 Å². The van der Waals surface area contributed by atoms with Crippen LogP contribution in [0.15, 0.2) is 48.5 Å². The van der Waals surface area contributed by atoms with Crippen molar-refractivity contribution in [1.82, 2.24) is 0 Å². The van der Waals surface area contributed by atoms with Gasteiger partial charge in [0.25, 0.3) is 0 Å². The van der Waals surface area contributed by atoms with Crippen LogP contribution in [0.1, 0.15) is 11.1 Å². The Bertz CT molecular complexity index is 628. The molecule has 0 amide bonds. The molecule has 0 fully saturated rings. The van der Waals surface area contributed by atoms with Crippen LogP contribution in [0.3, 0.4) is 0 Å². The first-order valence-electron chi connectivity index (χ1n) is 6.05. The fourth-order valence-electron chi connectivity index (χ4n) is 1.80. The second kappa shape index (κ2) is 5.93. The largest absolute Gasteiger partial charge is 0.497 e. The molecule has 20 heavy (non-hydrogen) atoms. The van der Waals surface area contributed by atoms with Crippen molar-refractivity contribution < 1.29 is 14.6 Å². The molecule has 2 rings (SSSR count). The summed E-state index contributed by atoms with van der Waals surface area (Å²) >= 11 is 0. The first kappa shape index (κ1) is 13.7. The highest BCUT2D eigenvalue weighted by atomic mass is 16.5. The van der Waals surface area contributed by atoms with E-state index in [-0.39, 0.29) is 5.57 Å². The number of rotatable bonds is 4. The van der Waals surface area contributed by atoms with Crippen LogP contribution < -0.4 is 10.5 Å². The van der Waals surface area contributed by atoms with Crippen LogP contribution in [0.2, 0.25) is 0 Å². The molecule has 4 nitrogen and oxygen atoms in total. The van der Waals surface area contributed by atoms with Gasteiger partial charge >= 0.3 is 5.97 Å². The third kappa shape index (κ3) is 3.17. The summed E-state index contributed by atoms with van der Waals surface area (Å²) in [5.74, 6) is -0.253. The number of ether oxygens (including phenoxy) is 1. The van der Waals surface area contributed by atoms with Crippen LogP contribution in [-0.2, 0) is 4.79 Å². The van der Waals surface area contributed by atoms with Crippen molar-refractivity contribution in [2.24, 2.45) is 0 Å². The molecule has 0 saturated heterocycles. The maximum Gasteiger partial charge on any atom is 0.336 e. The minimum absolute atomic E-state index is 0.218. The quantitative estimate of drug-likeness (QED) is 0.508. The van der Waals surface area contributed by atoms with Crippen LogP contribution in [0.5, 0.6) is 5.75 Å². The van der Waals surface area contributed by atoms with Gasteiger partial charge in [0.05, 0.1) is 12.7 Å². The van der Waals surface area contributed by atoms with E-state index >= 15 is 0 Å². The van der Waals surface area contributed by atoms with Crippen molar-refractivity contribution >= 4 is 23.3 Å². The van der Waals surface area contributed by atoms with E-state index in [1.807, 2.05) is 0 Å². The van der Waals surface area contributed by atoms with Crippen molar-refractivity contribution in [1.29, 1.82) is 0 Å². The Kier molecular flexibility index (Phi) is 4.05. The number of nitrogens with two attached hydrogens (primary N) is 1. The smallest absolute Gasteiger partial charge is 0.336 e. The predicted octanol–water partition coefficient (Wildman–Crippen LogP) is 2.90. The van der Waals surface area contributed by atoms with Crippen LogP contribution in [0, 0.1) is 0 Å². The topological polar surface area (TPSA) is 72.5 Å². The number of carbonyl (C=O) groups is 1. The summed E-state index contributed by atoms with van der Waals surface area (Å²) in [6.45, 7) is 0. The predicted molar refractivity (Wildman–Crippen MR) is 79.4 cm³/mol. The highest BCUT2D eigenvalue weighted by Gasteiger charge is 2.10. The molecule has 0 radical (unpaired) electrons. The molecule has 4 heteroatoms. The minimum atomic E-state index is -0.981. The van der Waals surface area contributed by atoms with Gasteiger partial charge in [-0.05, 0) is 41.5 Å². The van der Waals surface area contributed by atoms with Gasteiger partial charge in [0.2, 0.25) is 0 Å². The Balaban J connectivity index is 2.39. The lowest BCUT2D eigenvalue weighted by molar-refractivity contribution is -0.130. The summed E-state index contributed by atoms with van der Waals surface area (Å²) in [6, 6.07) is 13.9. The summed E-state index contributed by atoms with van der Waals surface area (Å²) in [4.78, 5) is 11.4. The number of carboxylic acids is 1. The van der Waals surface area contributed by atoms with Crippen molar-refractivity contribution in [2.75, 3.05) is 12.8 Å². The number of hydrogen-bond acceptors (Lipinski definition) is 3. The molecule has 2 aromatic rings. The highest BCUT2D eigenvalue weighted by molar-refractivity contribution is 6.20. The molecule has 0 heterocycles. The van der Waals surface area contributed by atoms with E-state index in [2.05, 4.69) is 0 Å². The summed E-state index contributed by atoms with van der Waals surface area (Å²) in [6.07, 6.45) is 1.62. The van der Waals surface area contributed by atoms with Crippen molar-refractivity contribution in [3.63, 3.8) is 0 Å². The monoisotopic (exact) mass is 269 g/mol. The molecule has 0 aromatic heterocycles. The molecular weight excluding hydrogens is 254 g/mol. The first-order valence-corrected chi connectivity index (χ1v) is 6.05. The van der Waals surface area contributed by atoms with Crippen molar-refractivity contribution in [3.05, 3.63) is 59.7 Å². The van der Waals surface area contributed by atoms with Gasteiger partial charge in [0, 0.05) is 5.69 Å². The molecule has 0 atom stereocenters. The maximum absolute atomic E-state index is 11.4. The van der Waals surface area contributed by atoms with Crippen LogP contribution in [0.25, 0.3) is 11.6 Å². The molecule has 0 aliphatic carbocycles. The Morgan fingerprint density at radius 1 is 1.10 bits per heavy atom. The van der Waals surface area contributed by atoms with Crippen molar-refractivity contribution in [3.8, 4) is 5.75 Å².